The summed E-state index contributed by atoms with van der Waals surface area (Å²) in [5.41, 5.74) is 3.39. The predicted molar refractivity (Wildman–Crippen MR) is 137 cm³/mol. The van der Waals surface area contributed by atoms with Gasteiger partial charge in [0, 0.05) is 23.7 Å². The number of benzene rings is 2. The topological polar surface area (TPSA) is 47.4 Å². The number of methoxy groups -OCH3 is 1. The second kappa shape index (κ2) is 9.71. The molecule has 0 unspecified atom stereocenters. The van der Waals surface area contributed by atoms with E-state index in [1.54, 1.807) is 34.8 Å². The van der Waals surface area contributed by atoms with Crippen LogP contribution in [0, 0.1) is 0 Å². The molecule has 1 aliphatic heterocycles. The molecule has 0 spiro atoms. The fraction of sp³-hybridized carbons (Fsp3) is 0.308. The summed E-state index contributed by atoms with van der Waals surface area (Å²) in [5.74, 6) is 1.67. The maximum Gasteiger partial charge on any atom is 0.267 e. The molecule has 0 bridgehead atoms. The van der Waals surface area contributed by atoms with Crippen LogP contribution in [0.1, 0.15) is 22.4 Å². The number of ether oxygens (including phenoxy) is 1. The van der Waals surface area contributed by atoms with Crippen molar-refractivity contribution in [3.05, 3.63) is 81.0 Å². The standard InChI is InChI=1S/C26H27N3O2S2/c1-28-15-14-21-22(17-28)33-24-23(21)25(30)29(19-10-12-20(31-2)13-11-19)26(27-24)32-16-6-9-18-7-4-3-5-8-18/h3-5,7-8,10-13H,6,9,14-17H2,1-2H3. The van der Waals surface area contributed by atoms with Gasteiger partial charge in [0.05, 0.1) is 18.2 Å². The van der Waals surface area contributed by atoms with E-state index in [1.165, 1.54) is 16.0 Å². The number of fused-ring (bicyclic) bond motifs is 3. The van der Waals surface area contributed by atoms with E-state index in [4.69, 9.17) is 9.72 Å². The minimum absolute atomic E-state index is 0.0396. The van der Waals surface area contributed by atoms with Crippen molar-refractivity contribution in [1.82, 2.24) is 14.5 Å². The average molecular weight is 478 g/mol. The van der Waals surface area contributed by atoms with Gasteiger partial charge in [0.25, 0.3) is 5.56 Å². The van der Waals surface area contributed by atoms with Crippen LogP contribution in [-0.4, -0.2) is 40.9 Å². The maximum atomic E-state index is 13.8. The van der Waals surface area contributed by atoms with Gasteiger partial charge in [-0.1, -0.05) is 42.1 Å². The van der Waals surface area contributed by atoms with Gasteiger partial charge in [-0.3, -0.25) is 9.36 Å². The molecule has 0 amide bonds. The molecule has 7 heteroatoms. The smallest absolute Gasteiger partial charge is 0.267 e. The minimum atomic E-state index is 0.0396. The fourth-order valence-corrected chi connectivity index (χ4v) is 6.58. The third kappa shape index (κ3) is 4.58. The van der Waals surface area contributed by atoms with Crippen molar-refractivity contribution in [2.24, 2.45) is 0 Å². The molecule has 0 atom stereocenters. The van der Waals surface area contributed by atoms with Crippen LogP contribution in [0.25, 0.3) is 15.9 Å². The number of thiophene rings is 1. The SMILES string of the molecule is COc1ccc(-n2c(SCCCc3ccccc3)nc3sc4c(c3c2=O)CCN(C)C4)cc1. The molecule has 0 fully saturated rings. The third-order valence-electron chi connectivity index (χ3n) is 6.05. The summed E-state index contributed by atoms with van der Waals surface area (Å²) in [6.45, 7) is 1.86. The Morgan fingerprint density at radius 3 is 2.67 bits per heavy atom. The Hall–Kier alpha value is -2.61. The van der Waals surface area contributed by atoms with Gasteiger partial charge in [-0.2, -0.15) is 0 Å². The van der Waals surface area contributed by atoms with Crippen molar-refractivity contribution >= 4 is 33.3 Å². The molecule has 170 valence electrons. The highest BCUT2D eigenvalue weighted by atomic mass is 32.2. The normalized spacial score (nSPS) is 13.9. The lowest BCUT2D eigenvalue weighted by molar-refractivity contribution is 0.318. The number of thioether (sulfide) groups is 1. The van der Waals surface area contributed by atoms with Gasteiger partial charge in [-0.15, -0.1) is 11.3 Å². The molecule has 0 saturated carbocycles. The van der Waals surface area contributed by atoms with Crippen molar-refractivity contribution < 1.29 is 4.74 Å². The minimum Gasteiger partial charge on any atom is -0.497 e. The number of nitrogens with zero attached hydrogens (tertiary/aromatic N) is 3. The molecule has 1 aliphatic rings. The second-order valence-corrected chi connectivity index (χ2v) is 10.5. The Labute approximate surface area is 202 Å². The Balaban J connectivity index is 1.52. The summed E-state index contributed by atoms with van der Waals surface area (Å²) < 4.78 is 7.11. The molecule has 0 saturated heterocycles. The summed E-state index contributed by atoms with van der Waals surface area (Å²) in [6.07, 6.45) is 2.94. The quantitative estimate of drug-likeness (QED) is 0.209. The van der Waals surface area contributed by atoms with Crippen molar-refractivity contribution in [2.75, 3.05) is 26.5 Å². The summed E-state index contributed by atoms with van der Waals surface area (Å²) in [7, 11) is 3.78. The zero-order valence-electron chi connectivity index (χ0n) is 18.9. The first-order valence-corrected chi connectivity index (χ1v) is 13.0. The number of aryl methyl sites for hydroxylation is 1. The van der Waals surface area contributed by atoms with E-state index >= 15 is 0 Å². The fourth-order valence-electron chi connectivity index (χ4n) is 4.29. The van der Waals surface area contributed by atoms with E-state index in [0.29, 0.717) is 0 Å². The molecule has 4 aromatic rings. The lowest BCUT2D eigenvalue weighted by Crippen LogP contribution is -2.27. The van der Waals surface area contributed by atoms with Crippen LogP contribution >= 0.6 is 23.1 Å². The summed E-state index contributed by atoms with van der Waals surface area (Å²) in [6, 6.07) is 18.2. The molecular weight excluding hydrogens is 450 g/mol. The van der Waals surface area contributed by atoms with Crippen LogP contribution in [0.4, 0.5) is 0 Å². The van der Waals surface area contributed by atoms with Crippen LogP contribution in [0.15, 0.2) is 64.5 Å². The average Bonchev–Trinajstić information content (AvgIpc) is 3.20. The molecule has 5 rings (SSSR count). The molecule has 5 nitrogen and oxygen atoms in total. The van der Waals surface area contributed by atoms with Crippen LogP contribution in [-0.2, 0) is 19.4 Å². The van der Waals surface area contributed by atoms with Gasteiger partial charge in [0.2, 0.25) is 0 Å². The molecule has 2 aromatic carbocycles. The number of rotatable bonds is 7. The lowest BCUT2D eigenvalue weighted by Gasteiger charge is -2.21. The number of likely N-dealkylation sites (N-methyl/N-ethyl adjacent to an activating group) is 1. The lowest BCUT2D eigenvalue weighted by atomic mass is 10.1. The molecule has 0 N–H and O–H groups in total. The highest BCUT2D eigenvalue weighted by molar-refractivity contribution is 7.99. The van der Waals surface area contributed by atoms with E-state index in [0.717, 1.165) is 64.9 Å². The van der Waals surface area contributed by atoms with Crippen molar-refractivity contribution in [1.29, 1.82) is 0 Å². The van der Waals surface area contributed by atoms with Crippen molar-refractivity contribution in [3.63, 3.8) is 0 Å². The van der Waals surface area contributed by atoms with Gasteiger partial charge in [-0.05, 0) is 61.7 Å². The van der Waals surface area contributed by atoms with Gasteiger partial charge in [-0.25, -0.2) is 4.98 Å². The molecule has 3 heterocycles. The second-order valence-electron chi connectivity index (χ2n) is 8.34. The van der Waals surface area contributed by atoms with Crippen molar-refractivity contribution in [2.45, 2.75) is 31.0 Å². The van der Waals surface area contributed by atoms with Crippen LogP contribution in [0.5, 0.6) is 5.75 Å². The molecular formula is C26H27N3O2S2. The first-order chi connectivity index (χ1) is 16.1. The molecule has 0 radical (unpaired) electrons. The van der Waals surface area contributed by atoms with E-state index < -0.39 is 0 Å². The first-order valence-electron chi connectivity index (χ1n) is 11.2. The van der Waals surface area contributed by atoms with E-state index in [9.17, 15) is 4.79 Å². The Bertz CT molecular complexity index is 1310. The first kappa shape index (κ1) is 22.2. The van der Waals surface area contributed by atoms with Crippen LogP contribution < -0.4 is 10.3 Å². The van der Waals surface area contributed by atoms with Crippen molar-refractivity contribution in [3.8, 4) is 11.4 Å². The monoisotopic (exact) mass is 477 g/mol. The Morgan fingerprint density at radius 2 is 1.91 bits per heavy atom. The predicted octanol–water partition coefficient (Wildman–Crippen LogP) is 5.17. The summed E-state index contributed by atoms with van der Waals surface area (Å²) >= 11 is 3.34. The highest BCUT2D eigenvalue weighted by Gasteiger charge is 2.24. The van der Waals surface area contributed by atoms with Gasteiger partial charge >= 0.3 is 0 Å². The number of hydrogen-bond acceptors (Lipinski definition) is 6. The Kier molecular flexibility index (Phi) is 6.53. The molecule has 2 aromatic heterocycles. The Morgan fingerprint density at radius 1 is 1.12 bits per heavy atom. The van der Waals surface area contributed by atoms with Gasteiger partial charge in [0.1, 0.15) is 10.6 Å². The molecule has 33 heavy (non-hydrogen) atoms. The van der Waals surface area contributed by atoms with Crippen LogP contribution in [0.2, 0.25) is 0 Å². The van der Waals surface area contributed by atoms with Gasteiger partial charge in [0.15, 0.2) is 5.16 Å². The van der Waals surface area contributed by atoms with Crippen LogP contribution in [0.3, 0.4) is 0 Å². The maximum absolute atomic E-state index is 13.8. The number of aromatic nitrogens is 2. The largest absolute Gasteiger partial charge is 0.497 e. The van der Waals surface area contributed by atoms with E-state index in [1.807, 2.05) is 30.3 Å². The summed E-state index contributed by atoms with van der Waals surface area (Å²) in [4.78, 5) is 23.3. The zero-order valence-corrected chi connectivity index (χ0v) is 20.5. The number of hydrogen-bond donors (Lipinski definition) is 0. The van der Waals surface area contributed by atoms with E-state index in [-0.39, 0.29) is 5.56 Å². The third-order valence-corrected chi connectivity index (χ3v) is 8.18. The summed E-state index contributed by atoms with van der Waals surface area (Å²) in [5, 5.41) is 1.56. The van der Waals surface area contributed by atoms with E-state index in [2.05, 4.69) is 36.2 Å². The molecule has 0 aliphatic carbocycles. The highest BCUT2D eigenvalue weighted by Crippen LogP contribution is 2.34. The van der Waals surface area contributed by atoms with Gasteiger partial charge < -0.3 is 9.64 Å². The zero-order chi connectivity index (χ0) is 22.8.